The molecule has 0 spiro atoms. The van der Waals surface area contributed by atoms with Crippen LogP contribution in [0, 0.1) is 0 Å². The van der Waals surface area contributed by atoms with Gasteiger partial charge in [-0.2, -0.15) is 0 Å². The maximum Gasteiger partial charge on any atom is 0.140 e. The third-order valence-electron chi connectivity index (χ3n) is 1.05. The average molecular weight is 202 g/mol. The molecule has 0 aliphatic rings. The highest BCUT2D eigenvalue weighted by Crippen LogP contribution is 2.18. The molecule has 0 aromatic carbocycles. The molecule has 0 saturated carbocycles. The van der Waals surface area contributed by atoms with Crippen LogP contribution in [-0.2, 0) is 0 Å². The van der Waals surface area contributed by atoms with Gasteiger partial charge in [-0.25, -0.2) is 0 Å². The van der Waals surface area contributed by atoms with Crippen molar-refractivity contribution in [3.05, 3.63) is 28.6 Å². The van der Waals surface area contributed by atoms with E-state index in [9.17, 15) is 0 Å². The summed E-state index contributed by atoms with van der Waals surface area (Å²) in [6, 6.07) is 1.84. The molecule has 54 valence electrons. The Bertz CT molecular complexity index is 229. The van der Waals surface area contributed by atoms with E-state index in [0.717, 1.165) is 10.2 Å². The summed E-state index contributed by atoms with van der Waals surface area (Å²) in [6.07, 6.45) is 5.30. The number of rotatable bonds is 2. The summed E-state index contributed by atoms with van der Waals surface area (Å²) in [4.78, 5) is 0. The van der Waals surface area contributed by atoms with Gasteiger partial charge in [0.15, 0.2) is 0 Å². The Balaban J connectivity index is 2.74. The molecule has 2 nitrogen and oxygen atoms in total. The summed E-state index contributed by atoms with van der Waals surface area (Å²) < 4.78 is 6.03. The SMILES string of the molecule is NCC=Cc1occc1Br. The van der Waals surface area contributed by atoms with Crippen molar-refractivity contribution in [1.82, 2.24) is 0 Å². The Kier molecular flexibility index (Phi) is 2.71. The van der Waals surface area contributed by atoms with E-state index in [1.165, 1.54) is 0 Å². The molecule has 0 aliphatic carbocycles. The summed E-state index contributed by atoms with van der Waals surface area (Å²) in [6.45, 7) is 0.535. The molecule has 10 heavy (non-hydrogen) atoms. The monoisotopic (exact) mass is 201 g/mol. The standard InChI is InChI=1S/C7H8BrNO/c8-6-3-5-10-7(6)2-1-4-9/h1-3,5H,4,9H2. The van der Waals surface area contributed by atoms with Crippen molar-refractivity contribution in [2.24, 2.45) is 5.73 Å². The smallest absolute Gasteiger partial charge is 0.140 e. The number of halogens is 1. The van der Waals surface area contributed by atoms with Crippen LogP contribution in [-0.4, -0.2) is 6.54 Å². The molecule has 0 aliphatic heterocycles. The number of nitrogens with two attached hydrogens (primary N) is 1. The van der Waals surface area contributed by atoms with Crippen molar-refractivity contribution in [2.45, 2.75) is 0 Å². The first kappa shape index (κ1) is 7.57. The van der Waals surface area contributed by atoms with E-state index in [4.69, 9.17) is 10.2 Å². The highest BCUT2D eigenvalue weighted by atomic mass is 79.9. The summed E-state index contributed by atoms with van der Waals surface area (Å²) in [5.74, 6) is 0.811. The summed E-state index contributed by atoms with van der Waals surface area (Å²) in [5, 5.41) is 0. The zero-order valence-electron chi connectivity index (χ0n) is 5.38. The highest BCUT2D eigenvalue weighted by Gasteiger charge is 1.95. The van der Waals surface area contributed by atoms with Crippen LogP contribution in [0.4, 0.5) is 0 Å². The van der Waals surface area contributed by atoms with Gasteiger partial charge in [0.05, 0.1) is 10.7 Å². The molecule has 1 aromatic heterocycles. The lowest BCUT2D eigenvalue weighted by molar-refractivity contribution is 0.555. The first-order valence-corrected chi connectivity index (χ1v) is 3.73. The third-order valence-corrected chi connectivity index (χ3v) is 1.71. The second-order valence-electron chi connectivity index (χ2n) is 1.77. The molecular weight excluding hydrogens is 194 g/mol. The van der Waals surface area contributed by atoms with Gasteiger partial charge in [0.1, 0.15) is 5.76 Å². The highest BCUT2D eigenvalue weighted by molar-refractivity contribution is 9.10. The molecule has 3 heteroatoms. The van der Waals surface area contributed by atoms with Gasteiger partial charge in [0.25, 0.3) is 0 Å². The summed E-state index contributed by atoms with van der Waals surface area (Å²) in [5.41, 5.74) is 5.25. The van der Waals surface area contributed by atoms with E-state index >= 15 is 0 Å². The molecule has 2 N–H and O–H groups in total. The van der Waals surface area contributed by atoms with Gasteiger partial charge in [-0.05, 0) is 28.1 Å². The number of furan rings is 1. The van der Waals surface area contributed by atoms with Gasteiger partial charge < -0.3 is 10.2 Å². The van der Waals surface area contributed by atoms with Crippen molar-refractivity contribution < 1.29 is 4.42 Å². The molecular formula is C7H8BrNO. The molecule has 0 bridgehead atoms. The van der Waals surface area contributed by atoms with Crippen LogP contribution in [0.25, 0.3) is 6.08 Å². The molecule has 1 heterocycles. The van der Waals surface area contributed by atoms with Gasteiger partial charge >= 0.3 is 0 Å². The Morgan fingerprint density at radius 3 is 3.00 bits per heavy atom. The number of hydrogen-bond donors (Lipinski definition) is 1. The maximum atomic E-state index is 5.25. The van der Waals surface area contributed by atoms with E-state index in [2.05, 4.69) is 15.9 Å². The fraction of sp³-hybridized carbons (Fsp3) is 0.143. The first-order chi connectivity index (χ1) is 4.84. The van der Waals surface area contributed by atoms with E-state index in [-0.39, 0.29) is 0 Å². The Hall–Kier alpha value is -0.540. The lowest BCUT2D eigenvalue weighted by Crippen LogP contribution is -1.91. The van der Waals surface area contributed by atoms with Crippen molar-refractivity contribution in [3.63, 3.8) is 0 Å². The molecule has 0 radical (unpaired) electrons. The normalized spacial score (nSPS) is 11.0. The van der Waals surface area contributed by atoms with Gasteiger partial charge in [-0.3, -0.25) is 0 Å². The van der Waals surface area contributed by atoms with Gasteiger partial charge in [-0.1, -0.05) is 6.08 Å². The second-order valence-corrected chi connectivity index (χ2v) is 2.63. The molecule has 1 aromatic rings. The van der Waals surface area contributed by atoms with Crippen LogP contribution in [0.2, 0.25) is 0 Å². The van der Waals surface area contributed by atoms with Crippen LogP contribution < -0.4 is 5.73 Å². The van der Waals surface area contributed by atoms with E-state index < -0.39 is 0 Å². The van der Waals surface area contributed by atoms with Crippen LogP contribution in [0.5, 0.6) is 0 Å². The van der Waals surface area contributed by atoms with E-state index in [1.54, 1.807) is 6.26 Å². The largest absolute Gasteiger partial charge is 0.464 e. The van der Waals surface area contributed by atoms with Crippen LogP contribution >= 0.6 is 15.9 Å². The maximum absolute atomic E-state index is 5.25. The molecule has 0 atom stereocenters. The fourth-order valence-corrected chi connectivity index (χ4v) is 0.933. The zero-order valence-corrected chi connectivity index (χ0v) is 6.97. The van der Waals surface area contributed by atoms with Gasteiger partial charge in [0.2, 0.25) is 0 Å². The molecule has 0 amide bonds. The summed E-state index contributed by atoms with van der Waals surface area (Å²) >= 11 is 3.31. The lowest BCUT2D eigenvalue weighted by Gasteiger charge is -1.84. The van der Waals surface area contributed by atoms with Gasteiger partial charge in [0, 0.05) is 6.54 Å². The van der Waals surface area contributed by atoms with Crippen molar-refractivity contribution in [3.8, 4) is 0 Å². The Labute approximate surface area is 67.8 Å². The Morgan fingerprint density at radius 1 is 1.70 bits per heavy atom. The fourth-order valence-electron chi connectivity index (χ4n) is 0.599. The first-order valence-electron chi connectivity index (χ1n) is 2.94. The van der Waals surface area contributed by atoms with E-state index in [0.29, 0.717) is 6.54 Å². The van der Waals surface area contributed by atoms with Crippen molar-refractivity contribution in [2.75, 3.05) is 6.54 Å². The predicted molar refractivity (Wildman–Crippen MR) is 44.5 cm³/mol. The summed E-state index contributed by atoms with van der Waals surface area (Å²) in [7, 11) is 0. The van der Waals surface area contributed by atoms with Crippen LogP contribution in [0.3, 0.4) is 0 Å². The molecule has 0 fully saturated rings. The van der Waals surface area contributed by atoms with Crippen molar-refractivity contribution in [1.29, 1.82) is 0 Å². The average Bonchev–Trinajstić information content (AvgIpc) is 2.31. The van der Waals surface area contributed by atoms with Crippen molar-refractivity contribution >= 4 is 22.0 Å². The van der Waals surface area contributed by atoms with Crippen LogP contribution in [0.15, 0.2) is 27.3 Å². The predicted octanol–water partition coefficient (Wildman–Crippen LogP) is 2.01. The quantitative estimate of drug-likeness (QED) is 0.796. The molecule has 0 unspecified atom stereocenters. The topological polar surface area (TPSA) is 39.2 Å². The minimum Gasteiger partial charge on any atom is -0.464 e. The molecule has 1 rings (SSSR count). The minimum atomic E-state index is 0.535. The van der Waals surface area contributed by atoms with E-state index in [1.807, 2.05) is 18.2 Å². The number of hydrogen-bond acceptors (Lipinski definition) is 2. The lowest BCUT2D eigenvalue weighted by atomic mass is 10.4. The second kappa shape index (κ2) is 3.58. The van der Waals surface area contributed by atoms with Gasteiger partial charge in [-0.15, -0.1) is 0 Å². The minimum absolute atomic E-state index is 0.535. The zero-order chi connectivity index (χ0) is 7.40. The third kappa shape index (κ3) is 1.72. The Morgan fingerprint density at radius 2 is 2.50 bits per heavy atom. The molecule has 0 saturated heterocycles. The van der Waals surface area contributed by atoms with Crippen LogP contribution in [0.1, 0.15) is 5.76 Å².